The van der Waals surface area contributed by atoms with Crippen LogP contribution in [0.15, 0.2) is 12.1 Å². The van der Waals surface area contributed by atoms with Crippen molar-refractivity contribution >= 4 is 5.97 Å². The first-order valence-electron chi connectivity index (χ1n) is 9.63. The van der Waals surface area contributed by atoms with Gasteiger partial charge in [0.15, 0.2) is 0 Å². The summed E-state index contributed by atoms with van der Waals surface area (Å²) in [5, 5.41) is 0. The molecule has 0 unspecified atom stereocenters. The van der Waals surface area contributed by atoms with Gasteiger partial charge in [-0.3, -0.25) is 0 Å². The number of benzene rings is 1. The summed E-state index contributed by atoms with van der Waals surface area (Å²) in [5.74, 6) is 0.475. The maximum absolute atomic E-state index is 12.4. The number of hydrogen-bond donors (Lipinski definition) is 0. The second kappa shape index (κ2) is 11.9. The Morgan fingerprint density at radius 1 is 0.917 bits per heavy atom. The van der Waals surface area contributed by atoms with Gasteiger partial charge in [-0.2, -0.15) is 0 Å². The molecule has 1 rings (SSSR count). The van der Waals surface area contributed by atoms with E-state index in [1.165, 1.54) is 24.8 Å². The topological polar surface area (TPSA) is 35.5 Å². The molecule has 0 aromatic heterocycles. The third-order valence-electron chi connectivity index (χ3n) is 4.02. The molecule has 0 saturated heterocycles. The third-order valence-corrected chi connectivity index (χ3v) is 4.02. The van der Waals surface area contributed by atoms with Crippen molar-refractivity contribution < 1.29 is 14.3 Å². The van der Waals surface area contributed by atoms with Gasteiger partial charge in [0.2, 0.25) is 0 Å². The molecule has 1 aromatic carbocycles. The lowest BCUT2D eigenvalue weighted by Gasteiger charge is -2.17. The maximum Gasteiger partial charge on any atom is 0.341 e. The highest BCUT2D eigenvalue weighted by atomic mass is 16.5. The first-order valence-corrected chi connectivity index (χ1v) is 9.63. The summed E-state index contributed by atoms with van der Waals surface area (Å²) in [4.78, 5) is 12.4. The molecule has 0 spiro atoms. The van der Waals surface area contributed by atoms with Crippen molar-refractivity contribution in [2.24, 2.45) is 0 Å². The molecule has 24 heavy (non-hydrogen) atoms. The first kappa shape index (κ1) is 20.5. The van der Waals surface area contributed by atoms with Crippen molar-refractivity contribution in [1.29, 1.82) is 0 Å². The first-order chi connectivity index (χ1) is 11.7. The number of carbonyl (C=O) groups excluding carboxylic acids is 1. The van der Waals surface area contributed by atoms with Gasteiger partial charge in [-0.05, 0) is 43.4 Å². The molecule has 0 aliphatic heterocycles. The van der Waals surface area contributed by atoms with Gasteiger partial charge in [-0.1, -0.05) is 58.9 Å². The quantitative estimate of drug-likeness (QED) is 0.362. The van der Waals surface area contributed by atoms with E-state index < -0.39 is 0 Å². The normalized spacial score (nSPS) is 10.7. The highest BCUT2D eigenvalue weighted by Gasteiger charge is 2.19. The van der Waals surface area contributed by atoms with E-state index in [1.54, 1.807) is 0 Å². The minimum atomic E-state index is -0.267. The van der Waals surface area contributed by atoms with Crippen LogP contribution in [0.25, 0.3) is 0 Å². The zero-order valence-electron chi connectivity index (χ0n) is 16.0. The molecule has 0 aliphatic rings. The molecule has 0 amide bonds. The fourth-order valence-corrected chi connectivity index (χ4v) is 2.88. The van der Waals surface area contributed by atoms with E-state index in [0.29, 0.717) is 18.8 Å². The van der Waals surface area contributed by atoms with Gasteiger partial charge in [0.05, 0.1) is 13.2 Å². The predicted molar refractivity (Wildman–Crippen MR) is 100 cm³/mol. The summed E-state index contributed by atoms with van der Waals surface area (Å²) in [5.41, 5.74) is 2.94. The van der Waals surface area contributed by atoms with Gasteiger partial charge >= 0.3 is 5.97 Å². The summed E-state index contributed by atoms with van der Waals surface area (Å²) >= 11 is 0. The Labute approximate surface area is 147 Å². The van der Waals surface area contributed by atoms with Crippen molar-refractivity contribution in [3.8, 4) is 5.75 Å². The Morgan fingerprint density at radius 2 is 1.67 bits per heavy atom. The van der Waals surface area contributed by atoms with Crippen molar-refractivity contribution in [1.82, 2.24) is 0 Å². The Bertz CT molecular complexity index is 494. The Kier molecular flexibility index (Phi) is 10.2. The minimum Gasteiger partial charge on any atom is -0.492 e. The number of rotatable bonds is 12. The molecule has 0 heterocycles. The van der Waals surface area contributed by atoms with E-state index in [4.69, 9.17) is 9.47 Å². The third kappa shape index (κ3) is 6.54. The van der Waals surface area contributed by atoms with Crippen LogP contribution >= 0.6 is 0 Å². The minimum absolute atomic E-state index is 0.267. The number of hydrogen-bond acceptors (Lipinski definition) is 3. The Morgan fingerprint density at radius 3 is 2.29 bits per heavy atom. The lowest BCUT2D eigenvalue weighted by atomic mass is 9.98. The number of aryl methyl sites for hydroxylation is 2. The molecule has 0 atom stereocenters. The van der Waals surface area contributed by atoms with Crippen LogP contribution in [0.2, 0.25) is 0 Å². The van der Waals surface area contributed by atoms with Gasteiger partial charge in [0.1, 0.15) is 11.3 Å². The lowest BCUT2D eigenvalue weighted by Crippen LogP contribution is -2.11. The summed E-state index contributed by atoms with van der Waals surface area (Å²) in [6.07, 6.45) is 8.62. The second-order valence-electron chi connectivity index (χ2n) is 6.26. The smallest absolute Gasteiger partial charge is 0.341 e. The van der Waals surface area contributed by atoms with E-state index in [2.05, 4.69) is 26.8 Å². The van der Waals surface area contributed by atoms with E-state index in [1.807, 2.05) is 13.0 Å². The van der Waals surface area contributed by atoms with E-state index >= 15 is 0 Å². The molecule has 0 bridgehead atoms. The molecular weight excluding hydrogens is 300 g/mol. The molecule has 0 saturated carbocycles. The zero-order chi connectivity index (χ0) is 17.8. The number of esters is 1. The van der Waals surface area contributed by atoms with Crippen molar-refractivity contribution in [3.63, 3.8) is 0 Å². The van der Waals surface area contributed by atoms with E-state index in [-0.39, 0.29) is 5.97 Å². The Hall–Kier alpha value is -1.51. The second-order valence-corrected chi connectivity index (χ2v) is 6.26. The highest BCUT2D eigenvalue weighted by molar-refractivity contribution is 5.93. The molecule has 0 fully saturated rings. The largest absolute Gasteiger partial charge is 0.492 e. The summed E-state index contributed by atoms with van der Waals surface area (Å²) in [6.45, 7) is 9.40. The van der Waals surface area contributed by atoms with Crippen LogP contribution in [0.1, 0.15) is 87.7 Å². The van der Waals surface area contributed by atoms with Crippen molar-refractivity contribution in [2.45, 2.75) is 79.1 Å². The molecule has 3 nitrogen and oxygen atoms in total. The standard InChI is InChI=1S/C21H34O3/c1-5-9-10-11-14-24-20-18(13-7-3)15-17(12-6-2)16-19(20)21(22)23-8-4/h15-16H,5-14H2,1-4H3. The average Bonchev–Trinajstić information content (AvgIpc) is 2.56. The van der Waals surface area contributed by atoms with Gasteiger partial charge in [0, 0.05) is 0 Å². The Balaban J connectivity index is 3.05. The van der Waals surface area contributed by atoms with Gasteiger partial charge in [-0.15, -0.1) is 0 Å². The maximum atomic E-state index is 12.4. The molecule has 1 aromatic rings. The molecule has 3 heteroatoms. The summed E-state index contributed by atoms with van der Waals surface area (Å²) in [6, 6.07) is 4.17. The molecular formula is C21H34O3. The summed E-state index contributed by atoms with van der Waals surface area (Å²) in [7, 11) is 0. The predicted octanol–water partition coefficient (Wildman–Crippen LogP) is 5.73. The molecule has 0 aliphatic carbocycles. The van der Waals surface area contributed by atoms with Crippen LogP contribution in [0.4, 0.5) is 0 Å². The van der Waals surface area contributed by atoms with Gasteiger partial charge in [-0.25, -0.2) is 4.79 Å². The lowest BCUT2D eigenvalue weighted by molar-refractivity contribution is 0.0521. The van der Waals surface area contributed by atoms with Gasteiger partial charge < -0.3 is 9.47 Å². The fraction of sp³-hybridized carbons (Fsp3) is 0.667. The number of unbranched alkanes of at least 4 members (excludes halogenated alkanes) is 3. The number of ether oxygens (including phenoxy) is 2. The highest BCUT2D eigenvalue weighted by Crippen LogP contribution is 2.29. The van der Waals surface area contributed by atoms with E-state index in [0.717, 1.165) is 43.4 Å². The van der Waals surface area contributed by atoms with Gasteiger partial charge in [0.25, 0.3) is 0 Å². The SMILES string of the molecule is CCCCCCOc1c(CCC)cc(CCC)cc1C(=O)OCC. The zero-order valence-corrected chi connectivity index (χ0v) is 16.0. The average molecular weight is 335 g/mol. The van der Waals surface area contributed by atoms with E-state index in [9.17, 15) is 4.79 Å². The van der Waals surface area contributed by atoms with Crippen LogP contribution in [0, 0.1) is 0 Å². The summed E-state index contributed by atoms with van der Waals surface area (Å²) < 4.78 is 11.3. The molecule has 0 radical (unpaired) electrons. The van der Waals surface area contributed by atoms with Crippen molar-refractivity contribution in [2.75, 3.05) is 13.2 Å². The van der Waals surface area contributed by atoms with Crippen LogP contribution in [-0.4, -0.2) is 19.2 Å². The van der Waals surface area contributed by atoms with Crippen LogP contribution in [-0.2, 0) is 17.6 Å². The van der Waals surface area contributed by atoms with Crippen molar-refractivity contribution in [3.05, 3.63) is 28.8 Å². The fourth-order valence-electron chi connectivity index (χ4n) is 2.88. The monoisotopic (exact) mass is 334 g/mol. The number of carbonyl (C=O) groups is 1. The molecule has 136 valence electrons. The molecule has 0 N–H and O–H groups in total. The van der Waals surface area contributed by atoms with Crippen LogP contribution in [0.5, 0.6) is 5.75 Å². The van der Waals surface area contributed by atoms with Crippen LogP contribution in [0.3, 0.4) is 0 Å². The van der Waals surface area contributed by atoms with Crippen LogP contribution < -0.4 is 4.74 Å².